The molecule has 1 atom stereocenters. The van der Waals surface area contributed by atoms with Gasteiger partial charge in [0.15, 0.2) is 11.5 Å². The summed E-state index contributed by atoms with van der Waals surface area (Å²) in [6.45, 7) is 9.38. The molecule has 1 aromatic carbocycles. The van der Waals surface area contributed by atoms with E-state index in [1.165, 1.54) is 5.56 Å². The zero-order valence-electron chi connectivity index (χ0n) is 13.8. The van der Waals surface area contributed by atoms with E-state index in [4.69, 9.17) is 14.2 Å². The van der Waals surface area contributed by atoms with E-state index in [1.807, 2.05) is 13.0 Å². The highest BCUT2D eigenvalue weighted by Gasteiger charge is 2.09. The molecule has 0 aliphatic rings. The lowest BCUT2D eigenvalue weighted by atomic mass is 10.2. The second-order valence-corrected chi connectivity index (χ2v) is 5.07. The average Bonchev–Trinajstić information content (AvgIpc) is 2.49. The fourth-order valence-corrected chi connectivity index (χ4v) is 1.90. The molecule has 4 nitrogen and oxygen atoms in total. The molecule has 0 radical (unpaired) electrons. The molecule has 21 heavy (non-hydrogen) atoms. The van der Waals surface area contributed by atoms with Crippen LogP contribution in [0, 0.1) is 0 Å². The summed E-state index contributed by atoms with van der Waals surface area (Å²) >= 11 is 0. The Kier molecular flexibility index (Phi) is 8.87. The van der Waals surface area contributed by atoms with Gasteiger partial charge in [0.2, 0.25) is 0 Å². The summed E-state index contributed by atoms with van der Waals surface area (Å²) in [4.78, 5) is 0. The number of hydrogen-bond donors (Lipinski definition) is 1. The van der Waals surface area contributed by atoms with Gasteiger partial charge in [0.25, 0.3) is 0 Å². The van der Waals surface area contributed by atoms with Gasteiger partial charge in [-0.15, -0.1) is 0 Å². The van der Waals surface area contributed by atoms with Crippen molar-refractivity contribution in [3.8, 4) is 11.5 Å². The van der Waals surface area contributed by atoms with E-state index in [1.54, 1.807) is 7.11 Å². The number of nitrogens with one attached hydrogen (secondary N) is 1. The van der Waals surface area contributed by atoms with Crippen LogP contribution in [0.15, 0.2) is 18.2 Å². The van der Waals surface area contributed by atoms with Gasteiger partial charge >= 0.3 is 0 Å². The van der Waals surface area contributed by atoms with Gasteiger partial charge in [0.05, 0.1) is 12.7 Å². The Bertz CT molecular complexity index is 396. The second kappa shape index (κ2) is 10.5. The van der Waals surface area contributed by atoms with Gasteiger partial charge < -0.3 is 19.5 Å². The van der Waals surface area contributed by atoms with Crippen LogP contribution in [0.1, 0.15) is 39.2 Å². The number of rotatable bonds is 11. The first kappa shape index (κ1) is 17.8. The number of methoxy groups -OCH3 is 1. The monoisotopic (exact) mass is 295 g/mol. The van der Waals surface area contributed by atoms with Crippen LogP contribution >= 0.6 is 0 Å². The minimum absolute atomic E-state index is 0.197. The molecule has 0 heterocycles. The Morgan fingerprint density at radius 3 is 2.67 bits per heavy atom. The Morgan fingerprint density at radius 1 is 1.19 bits per heavy atom. The van der Waals surface area contributed by atoms with E-state index in [0.717, 1.165) is 44.0 Å². The quantitative estimate of drug-likeness (QED) is 0.635. The van der Waals surface area contributed by atoms with Crippen molar-refractivity contribution in [1.82, 2.24) is 5.32 Å². The summed E-state index contributed by atoms with van der Waals surface area (Å²) in [6, 6.07) is 6.15. The molecule has 1 rings (SSSR count). The summed E-state index contributed by atoms with van der Waals surface area (Å²) in [6.07, 6.45) is 2.19. The molecule has 0 aliphatic heterocycles. The maximum Gasteiger partial charge on any atom is 0.161 e. The Balaban J connectivity index is 2.60. The summed E-state index contributed by atoms with van der Waals surface area (Å²) in [5, 5.41) is 3.40. The molecule has 0 spiro atoms. The molecular formula is C17H29NO3. The van der Waals surface area contributed by atoms with E-state index in [2.05, 4.69) is 31.3 Å². The van der Waals surface area contributed by atoms with Gasteiger partial charge in [0, 0.05) is 20.3 Å². The molecule has 0 aromatic heterocycles. The third kappa shape index (κ3) is 6.82. The zero-order valence-corrected chi connectivity index (χ0v) is 13.8. The van der Waals surface area contributed by atoms with Crippen LogP contribution in [0.25, 0.3) is 0 Å². The molecular weight excluding hydrogens is 266 g/mol. The van der Waals surface area contributed by atoms with Crippen molar-refractivity contribution in [2.24, 2.45) is 0 Å². The van der Waals surface area contributed by atoms with Crippen molar-refractivity contribution >= 4 is 0 Å². The molecule has 120 valence electrons. The van der Waals surface area contributed by atoms with Crippen LogP contribution in [-0.2, 0) is 11.3 Å². The highest BCUT2D eigenvalue weighted by atomic mass is 16.5. The fourth-order valence-electron chi connectivity index (χ4n) is 1.90. The van der Waals surface area contributed by atoms with Gasteiger partial charge in [-0.3, -0.25) is 0 Å². The maximum atomic E-state index is 5.90. The SMILES string of the molecule is CCOc1cc(CNCCCOC)ccc1O[C@H](C)CC. The summed E-state index contributed by atoms with van der Waals surface area (Å²) in [5.41, 5.74) is 1.20. The van der Waals surface area contributed by atoms with Crippen LogP contribution < -0.4 is 14.8 Å². The van der Waals surface area contributed by atoms with Crippen molar-refractivity contribution in [1.29, 1.82) is 0 Å². The van der Waals surface area contributed by atoms with Crippen LogP contribution in [0.5, 0.6) is 11.5 Å². The Hall–Kier alpha value is -1.26. The molecule has 4 heteroatoms. The molecule has 0 unspecified atom stereocenters. The molecule has 1 N–H and O–H groups in total. The molecule has 0 aliphatic carbocycles. The van der Waals surface area contributed by atoms with Crippen molar-refractivity contribution in [2.45, 2.75) is 46.3 Å². The van der Waals surface area contributed by atoms with Crippen molar-refractivity contribution in [3.63, 3.8) is 0 Å². The van der Waals surface area contributed by atoms with Crippen molar-refractivity contribution in [2.75, 3.05) is 26.9 Å². The largest absolute Gasteiger partial charge is 0.490 e. The molecule has 0 amide bonds. The lowest BCUT2D eigenvalue weighted by Crippen LogP contribution is -2.16. The van der Waals surface area contributed by atoms with E-state index in [-0.39, 0.29) is 6.10 Å². The average molecular weight is 295 g/mol. The molecule has 0 fully saturated rings. The van der Waals surface area contributed by atoms with E-state index >= 15 is 0 Å². The predicted molar refractivity (Wildman–Crippen MR) is 86.2 cm³/mol. The number of hydrogen-bond acceptors (Lipinski definition) is 4. The predicted octanol–water partition coefficient (Wildman–Crippen LogP) is 3.39. The first-order valence-electron chi connectivity index (χ1n) is 7.83. The van der Waals surface area contributed by atoms with E-state index in [0.29, 0.717) is 6.61 Å². The van der Waals surface area contributed by atoms with Gasteiger partial charge in [-0.1, -0.05) is 13.0 Å². The lowest BCUT2D eigenvalue weighted by Gasteiger charge is -2.17. The normalized spacial score (nSPS) is 12.2. The smallest absolute Gasteiger partial charge is 0.161 e. The summed E-state index contributed by atoms with van der Waals surface area (Å²) in [7, 11) is 1.73. The van der Waals surface area contributed by atoms with Crippen LogP contribution in [-0.4, -0.2) is 33.0 Å². The molecule has 0 saturated carbocycles. The summed E-state index contributed by atoms with van der Waals surface area (Å²) < 4.78 is 16.6. The first-order valence-corrected chi connectivity index (χ1v) is 7.83. The van der Waals surface area contributed by atoms with Crippen LogP contribution in [0.2, 0.25) is 0 Å². The fraction of sp³-hybridized carbons (Fsp3) is 0.647. The second-order valence-electron chi connectivity index (χ2n) is 5.07. The van der Waals surface area contributed by atoms with Crippen LogP contribution in [0.3, 0.4) is 0 Å². The van der Waals surface area contributed by atoms with Gasteiger partial charge in [0.1, 0.15) is 0 Å². The van der Waals surface area contributed by atoms with Gasteiger partial charge in [-0.2, -0.15) is 0 Å². The Morgan fingerprint density at radius 2 is 2.00 bits per heavy atom. The summed E-state index contributed by atoms with van der Waals surface area (Å²) in [5.74, 6) is 1.66. The zero-order chi connectivity index (χ0) is 15.5. The van der Waals surface area contributed by atoms with Gasteiger partial charge in [-0.25, -0.2) is 0 Å². The van der Waals surface area contributed by atoms with Crippen molar-refractivity contribution in [3.05, 3.63) is 23.8 Å². The topological polar surface area (TPSA) is 39.7 Å². The highest BCUT2D eigenvalue weighted by molar-refractivity contribution is 5.43. The lowest BCUT2D eigenvalue weighted by molar-refractivity contribution is 0.194. The van der Waals surface area contributed by atoms with Crippen molar-refractivity contribution < 1.29 is 14.2 Å². The van der Waals surface area contributed by atoms with E-state index in [9.17, 15) is 0 Å². The standard InChI is InChI=1S/C17H29NO3/c1-5-14(3)21-16-9-8-15(12-17(16)20-6-2)13-18-10-7-11-19-4/h8-9,12,14,18H,5-7,10-11,13H2,1-4H3/t14-/m1/s1. The molecule has 0 bridgehead atoms. The minimum Gasteiger partial charge on any atom is -0.490 e. The van der Waals surface area contributed by atoms with Gasteiger partial charge in [-0.05, 0) is 50.9 Å². The molecule has 0 saturated heterocycles. The minimum atomic E-state index is 0.197. The van der Waals surface area contributed by atoms with Crippen LogP contribution in [0.4, 0.5) is 0 Å². The Labute approximate surface area is 128 Å². The highest BCUT2D eigenvalue weighted by Crippen LogP contribution is 2.29. The third-order valence-electron chi connectivity index (χ3n) is 3.24. The third-order valence-corrected chi connectivity index (χ3v) is 3.24. The molecule has 1 aromatic rings. The number of benzene rings is 1. The number of ether oxygens (including phenoxy) is 3. The first-order chi connectivity index (χ1) is 10.2. The van der Waals surface area contributed by atoms with E-state index < -0.39 is 0 Å². The maximum absolute atomic E-state index is 5.90.